The highest BCUT2D eigenvalue weighted by Crippen LogP contribution is 2.12. The van der Waals surface area contributed by atoms with Gasteiger partial charge in [-0.15, -0.1) is 0 Å². The first kappa shape index (κ1) is 15.3. The van der Waals surface area contributed by atoms with Crippen LogP contribution in [0.5, 0.6) is 0 Å². The van der Waals surface area contributed by atoms with Crippen LogP contribution in [0.15, 0.2) is 29.2 Å². The molecule has 0 aliphatic rings. The van der Waals surface area contributed by atoms with Crippen LogP contribution in [0, 0.1) is 0 Å². The van der Waals surface area contributed by atoms with E-state index in [9.17, 15) is 18.0 Å². The fraction of sp³-hybridized carbons (Fsp3) is 0.333. The van der Waals surface area contributed by atoms with Crippen molar-refractivity contribution >= 4 is 21.7 Å². The molecule has 1 aromatic rings. The Balaban J connectivity index is 3.04. The Kier molecular flexibility index (Phi) is 4.79. The topological polar surface area (TPSA) is 92.3 Å². The number of carbonyl (C=O) groups is 2. The third-order valence-electron chi connectivity index (χ3n) is 2.52. The summed E-state index contributed by atoms with van der Waals surface area (Å²) in [4.78, 5) is 22.5. The first-order valence-corrected chi connectivity index (χ1v) is 7.11. The van der Waals surface area contributed by atoms with Crippen molar-refractivity contribution in [1.29, 1.82) is 0 Å². The van der Waals surface area contributed by atoms with E-state index in [4.69, 9.17) is 0 Å². The average molecular weight is 284 g/mol. The summed E-state index contributed by atoms with van der Waals surface area (Å²) in [6, 6.07) is 4.77. The molecule has 1 amide bonds. The molecule has 6 nitrogen and oxygen atoms in total. The predicted octanol–water partition coefficient (Wildman–Crippen LogP) is 0.302. The van der Waals surface area contributed by atoms with Crippen molar-refractivity contribution in [3.05, 3.63) is 29.8 Å². The van der Waals surface area contributed by atoms with E-state index >= 15 is 0 Å². The lowest BCUT2D eigenvalue weighted by Crippen LogP contribution is -2.43. The monoisotopic (exact) mass is 284 g/mol. The molecule has 0 saturated heterocycles. The number of sulfonamides is 1. The second-order valence-corrected chi connectivity index (χ2v) is 5.76. The highest BCUT2D eigenvalue weighted by molar-refractivity contribution is 7.89. The summed E-state index contributed by atoms with van der Waals surface area (Å²) < 4.78 is 26.3. The fourth-order valence-corrected chi connectivity index (χ4v) is 2.70. The molecule has 0 saturated carbocycles. The van der Waals surface area contributed by atoms with Crippen LogP contribution in [-0.4, -0.2) is 33.2 Å². The van der Waals surface area contributed by atoms with Gasteiger partial charge in [0.05, 0.1) is 10.9 Å². The summed E-state index contributed by atoms with van der Waals surface area (Å²) in [6.07, 6.45) is 0. The zero-order valence-corrected chi connectivity index (χ0v) is 11.7. The molecule has 0 aliphatic heterocycles. The molecule has 1 aromatic carbocycles. The van der Waals surface area contributed by atoms with E-state index in [1.807, 2.05) is 0 Å². The van der Waals surface area contributed by atoms with Gasteiger partial charge in [0.1, 0.15) is 0 Å². The zero-order chi connectivity index (χ0) is 14.6. The number of rotatable bonds is 5. The maximum atomic E-state index is 12.0. The van der Waals surface area contributed by atoms with Crippen molar-refractivity contribution in [3.63, 3.8) is 0 Å². The summed E-state index contributed by atoms with van der Waals surface area (Å²) in [5, 5.41) is 2.35. The standard InChI is InChI=1S/C12H16N2O4S/c1-8(12(16)13-3)14-19(17,18)11-6-4-5-10(7-11)9(2)15/h4-8,14H,1-3H3,(H,13,16). The van der Waals surface area contributed by atoms with Gasteiger partial charge in [-0.3, -0.25) is 9.59 Å². The van der Waals surface area contributed by atoms with Crippen LogP contribution in [-0.2, 0) is 14.8 Å². The Morgan fingerprint density at radius 1 is 1.26 bits per heavy atom. The highest BCUT2D eigenvalue weighted by atomic mass is 32.2. The number of hydrogen-bond donors (Lipinski definition) is 2. The SMILES string of the molecule is CNC(=O)C(C)NS(=O)(=O)c1cccc(C(C)=O)c1. The van der Waals surface area contributed by atoms with Crippen LogP contribution in [0.2, 0.25) is 0 Å². The van der Waals surface area contributed by atoms with Gasteiger partial charge in [0, 0.05) is 12.6 Å². The van der Waals surface area contributed by atoms with Gasteiger partial charge in [-0.1, -0.05) is 12.1 Å². The molecule has 1 rings (SSSR count). The van der Waals surface area contributed by atoms with E-state index in [-0.39, 0.29) is 10.7 Å². The molecule has 0 heterocycles. The molecule has 2 N–H and O–H groups in total. The lowest BCUT2D eigenvalue weighted by Gasteiger charge is -2.13. The molecule has 0 spiro atoms. The molecule has 1 atom stereocenters. The zero-order valence-electron chi connectivity index (χ0n) is 10.9. The Hall–Kier alpha value is -1.73. The second kappa shape index (κ2) is 5.94. The van der Waals surface area contributed by atoms with E-state index in [1.165, 1.54) is 45.2 Å². The minimum Gasteiger partial charge on any atom is -0.358 e. The van der Waals surface area contributed by atoms with Crippen LogP contribution in [0.1, 0.15) is 24.2 Å². The van der Waals surface area contributed by atoms with Gasteiger partial charge >= 0.3 is 0 Å². The lowest BCUT2D eigenvalue weighted by atomic mass is 10.2. The second-order valence-electron chi connectivity index (χ2n) is 4.04. The van der Waals surface area contributed by atoms with Gasteiger partial charge in [0.2, 0.25) is 15.9 Å². The summed E-state index contributed by atoms with van der Waals surface area (Å²) in [5.74, 6) is -0.664. The molecule has 104 valence electrons. The Morgan fingerprint density at radius 3 is 2.42 bits per heavy atom. The summed E-state index contributed by atoms with van der Waals surface area (Å²) in [7, 11) is -2.41. The number of amides is 1. The fourth-order valence-electron chi connectivity index (χ4n) is 1.45. The van der Waals surface area contributed by atoms with Gasteiger partial charge < -0.3 is 5.32 Å². The van der Waals surface area contributed by atoms with E-state index in [2.05, 4.69) is 10.0 Å². The molecule has 7 heteroatoms. The quantitative estimate of drug-likeness (QED) is 0.761. The van der Waals surface area contributed by atoms with Gasteiger partial charge in [-0.05, 0) is 26.0 Å². The molecular formula is C12H16N2O4S. The Morgan fingerprint density at radius 2 is 1.89 bits per heavy atom. The molecule has 0 bridgehead atoms. The predicted molar refractivity (Wildman–Crippen MR) is 70.3 cm³/mol. The number of likely N-dealkylation sites (N-methyl/N-ethyl adjacent to an activating group) is 1. The van der Waals surface area contributed by atoms with Crippen molar-refractivity contribution in [3.8, 4) is 0 Å². The molecular weight excluding hydrogens is 268 g/mol. The van der Waals surface area contributed by atoms with Crippen LogP contribution >= 0.6 is 0 Å². The smallest absolute Gasteiger partial charge is 0.241 e. The van der Waals surface area contributed by atoms with E-state index in [1.54, 1.807) is 0 Å². The summed E-state index contributed by atoms with van der Waals surface area (Å²) in [5.41, 5.74) is 0.301. The van der Waals surface area contributed by atoms with Crippen molar-refractivity contribution in [2.45, 2.75) is 24.8 Å². The van der Waals surface area contributed by atoms with E-state index < -0.39 is 22.0 Å². The molecule has 19 heavy (non-hydrogen) atoms. The molecule has 1 unspecified atom stereocenters. The van der Waals surface area contributed by atoms with Crippen LogP contribution in [0.25, 0.3) is 0 Å². The minimum atomic E-state index is -3.83. The number of nitrogens with one attached hydrogen (secondary N) is 2. The van der Waals surface area contributed by atoms with Crippen molar-refractivity contribution in [2.24, 2.45) is 0 Å². The van der Waals surface area contributed by atoms with Gasteiger partial charge in [-0.25, -0.2) is 8.42 Å². The maximum absolute atomic E-state index is 12.0. The van der Waals surface area contributed by atoms with Gasteiger partial charge in [0.15, 0.2) is 5.78 Å². The Labute approximate surface area is 112 Å². The number of Topliss-reactive ketones (excluding diaryl/α,β-unsaturated/α-hetero) is 1. The van der Waals surface area contributed by atoms with Crippen LogP contribution < -0.4 is 10.0 Å². The van der Waals surface area contributed by atoms with Crippen molar-refractivity contribution < 1.29 is 18.0 Å². The van der Waals surface area contributed by atoms with E-state index in [0.29, 0.717) is 5.56 Å². The van der Waals surface area contributed by atoms with E-state index in [0.717, 1.165) is 0 Å². The number of ketones is 1. The number of carbonyl (C=O) groups excluding carboxylic acids is 2. The number of benzene rings is 1. The summed E-state index contributed by atoms with van der Waals surface area (Å²) in [6.45, 7) is 2.79. The highest BCUT2D eigenvalue weighted by Gasteiger charge is 2.21. The average Bonchev–Trinajstić information content (AvgIpc) is 2.37. The van der Waals surface area contributed by atoms with Crippen LogP contribution in [0.4, 0.5) is 0 Å². The lowest BCUT2D eigenvalue weighted by molar-refractivity contribution is -0.121. The first-order chi connectivity index (χ1) is 8.77. The largest absolute Gasteiger partial charge is 0.358 e. The normalized spacial score (nSPS) is 12.8. The van der Waals surface area contributed by atoms with Gasteiger partial charge in [0.25, 0.3) is 0 Å². The third-order valence-corrected chi connectivity index (χ3v) is 4.06. The third kappa shape index (κ3) is 3.87. The minimum absolute atomic E-state index is 0.0454. The van der Waals surface area contributed by atoms with Gasteiger partial charge in [-0.2, -0.15) is 4.72 Å². The maximum Gasteiger partial charge on any atom is 0.241 e. The van der Waals surface area contributed by atoms with Crippen molar-refractivity contribution in [2.75, 3.05) is 7.05 Å². The molecule has 0 aromatic heterocycles. The molecule has 0 radical (unpaired) electrons. The molecule has 0 fully saturated rings. The number of hydrogen-bond acceptors (Lipinski definition) is 4. The molecule has 0 aliphatic carbocycles. The van der Waals surface area contributed by atoms with Crippen LogP contribution in [0.3, 0.4) is 0 Å². The summed E-state index contributed by atoms with van der Waals surface area (Å²) >= 11 is 0. The Bertz CT molecular complexity index is 596. The first-order valence-electron chi connectivity index (χ1n) is 5.63. The van der Waals surface area contributed by atoms with Crippen molar-refractivity contribution in [1.82, 2.24) is 10.0 Å².